The van der Waals surface area contributed by atoms with E-state index in [1.165, 1.54) is 0 Å². The maximum absolute atomic E-state index is 9.93. The summed E-state index contributed by atoms with van der Waals surface area (Å²) in [6.45, 7) is 5.04. The second-order valence-corrected chi connectivity index (χ2v) is 7.39. The highest BCUT2D eigenvalue weighted by Crippen LogP contribution is 2.31. The van der Waals surface area contributed by atoms with Crippen molar-refractivity contribution in [1.29, 1.82) is 5.26 Å². The number of nitrogens with one attached hydrogen (secondary N) is 1. The van der Waals surface area contributed by atoms with Gasteiger partial charge in [0, 0.05) is 43.0 Å². The maximum atomic E-state index is 9.93. The normalized spacial score (nSPS) is 14.0. The predicted molar refractivity (Wildman–Crippen MR) is 113 cm³/mol. The van der Waals surface area contributed by atoms with E-state index >= 15 is 0 Å². The fourth-order valence-corrected chi connectivity index (χ4v) is 3.67. The molecule has 3 aromatic rings. The van der Waals surface area contributed by atoms with E-state index in [9.17, 15) is 10.4 Å². The van der Waals surface area contributed by atoms with Gasteiger partial charge in [0.25, 0.3) is 0 Å². The van der Waals surface area contributed by atoms with E-state index in [4.69, 9.17) is 0 Å². The molecule has 1 aromatic carbocycles. The van der Waals surface area contributed by atoms with Crippen molar-refractivity contribution < 1.29 is 5.11 Å². The molecule has 0 radical (unpaired) electrons. The van der Waals surface area contributed by atoms with E-state index in [-0.39, 0.29) is 12.6 Å². The van der Waals surface area contributed by atoms with Gasteiger partial charge in [0.15, 0.2) is 0 Å². The molecule has 2 N–H and O–H groups in total. The first kappa shape index (κ1) is 19.7. The topological polar surface area (TPSA) is 111 Å². The second-order valence-electron chi connectivity index (χ2n) is 7.39. The van der Waals surface area contributed by atoms with Crippen LogP contribution < -0.4 is 10.2 Å². The molecular formula is C22H23N7O. The minimum absolute atomic E-state index is 0.120. The van der Waals surface area contributed by atoms with Crippen molar-refractivity contribution in [2.45, 2.75) is 32.9 Å². The zero-order valence-corrected chi connectivity index (χ0v) is 17.0. The first-order valence-electron chi connectivity index (χ1n) is 9.83. The summed E-state index contributed by atoms with van der Waals surface area (Å²) in [6, 6.07) is 7.85. The number of nitriles is 1. The summed E-state index contributed by atoms with van der Waals surface area (Å²) in [5.41, 5.74) is 5.37. The number of aryl methyl sites for hydroxylation is 2. The Morgan fingerprint density at radius 3 is 2.73 bits per heavy atom. The van der Waals surface area contributed by atoms with Crippen molar-refractivity contribution in [1.82, 2.24) is 19.9 Å². The quantitative estimate of drug-likeness (QED) is 0.671. The Morgan fingerprint density at radius 1 is 1.20 bits per heavy atom. The van der Waals surface area contributed by atoms with Crippen LogP contribution in [0.2, 0.25) is 0 Å². The lowest BCUT2D eigenvalue weighted by molar-refractivity contribution is 0.275. The fraction of sp³-hybridized carbons (Fsp3) is 0.318. The molecule has 0 bridgehead atoms. The number of anilines is 2. The van der Waals surface area contributed by atoms with Crippen LogP contribution in [0.3, 0.4) is 0 Å². The lowest BCUT2D eigenvalue weighted by atomic mass is 10.0. The van der Waals surface area contributed by atoms with Crippen LogP contribution in [0, 0.1) is 25.2 Å². The average Bonchev–Trinajstić information content (AvgIpc) is 2.78. The van der Waals surface area contributed by atoms with E-state index in [0.717, 1.165) is 41.0 Å². The van der Waals surface area contributed by atoms with E-state index in [1.807, 2.05) is 32.0 Å². The molecule has 8 nitrogen and oxygen atoms in total. The molecule has 2 aromatic heterocycles. The van der Waals surface area contributed by atoms with Crippen LogP contribution >= 0.6 is 0 Å². The molecule has 0 amide bonds. The van der Waals surface area contributed by atoms with Crippen LogP contribution in [0.5, 0.6) is 0 Å². The van der Waals surface area contributed by atoms with Gasteiger partial charge in [-0.2, -0.15) is 5.26 Å². The number of hydrogen-bond donors (Lipinski definition) is 2. The second kappa shape index (κ2) is 8.43. The van der Waals surface area contributed by atoms with Crippen LogP contribution in [0.25, 0.3) is 0 Å². The number of aliphatic hydroxyl groups excluding tert-OH is 1. The van der Waals surface area contributed by atoms with Gasteiger partial charge in [-0.1, -0.05) is 6.07 Å². The third kappa shape index (κ3) is 3.93. The minimum atomic E-state index is -0.381. The number of fused-ring (bicyclic) bond motifs is 1. The molecule has 8 heteroatoms. The van der Waals surface area contributed by atoms with Crippen LogP contribution in [0.4, 0.5) is 11.5 Å². The van der Waals surface area contributed by atoms with Crippen LogP contribution in [-0.2, 0) is 13.0 Å². The van der Waals surface area contributed by atoms with Crippen molar-refractivity contribution in [3.05, 3.63) is 70.7 Å². The summed E-state index contributed by atoms with van der Waals surface area (Å²) < 4.78 is 0. The molecule has 0 fully saturated rings. The number of aliphatic hydroxyl groups is 1. The van der Waals surface area contributed by atoms with Gasteiger partial charge in [-0.3, -0.25) is 0 Å². The van der Waals surface area contributed by atoms with Gasteiger partial charge in [0.05, 0.1) is 29.6 Å². The third-order valence-corrected chi connectivity index (χ3v) is 5.31. The van der Waals surface area contributed by atoms with Crippen molar-refractivity contribution in [2.75, 3.05) is 23.4 Å². The Hall–Kier alpha value is -3.57. The zero-order chi connectivity index (χ0) is 21.1. The lowest BCUT2D eigenvalue weighted by Gasteiger charge is -2.32. The van der Waals surface area contributed by atoms with E-state index in [0.29, 0.717) is 23.8 Å². The van der Waals surface area contributed by atoms with Crippen molar-refractivity contribution in [2.24, 2.45) is 0 Å². The smallest absolute Gasteiger partial charge is 0.135 e. The maximum Gasteiger partial charge on any atom is 0.135 e. The number of aromatic nitrogens is 4. The molecule has 1 atom stereocenters. The van der Waals surface area contributed by atoms with Crippen molar-refractivity contribution in [3.63, 3.8) is 0 Å². The predicted octanol–water partition coefficient (Wildman–Crippen LogP) is 2.46. The molecule has 30 heavy (non-hydrogen) atoms. The number of benzene rings is 1. The minimum Gasteiger partial charge on any atom is -0.394 e. The van der Waals surface area contributed by atoms with Crippen molar-refractivity contribution >= 4 is 11.5 Å². The molecule has 4 rings (SSSR count). The highest BCUT2D eigenvalue weighted by molar-refractivity contribution is 5.63. The molecule has 0 aliphatic carbocycles. The Kier molecular flexibility index (Phi) is 5.55. The molecule has 152 valence electrons. The highest BCUT2D eigenvalue weighted by atomic mass is 16.3. The van der Waals surface area contributed by atoms with Crippen LogP contribution in [-0.4, -0.2) is 38.2 Å². The number of hydrogen-bond acceptors (Lipinski definition) is 8. The summed E-state index contributed by atoms with van der Waals surface area (Å²) >= 11 is 0. The Bertz CT molecular complexity index is 1090. The molecule has 0 saturated heterocycles. The van der Waals surface area contributed by atoms with E-state index in [2.05, 4.69) is 36.2 Å². The Labute approximate surface area is 175 Å². The summed E-state index contributed by atoms with van der Waals surface area (Å²) in [5, 5.41) is 22.8. The average molecular weight is 401 g/mol. The lowest BCUT2D eigenvalue weighted by Crippen LogP contribution is -2.33. The van der Waals surface area contributed by atoms with Crippen LogP contribution in [0.15, 0.2) is 36.9 Å². The van der Waals surface area contributed by atoms with Gasteiger partial charge in [0.1, 0.15) is 24.0 Å². The van der Waals surface area contributed by atoms with E-state index in [1.54, 1.807) is 18.7 Å². The van der Waals surface area contributed by atoms with Gasteiger partial charge in [-0.05, 0) is 31.5 Å². The summed E-state index contributed by atoms with van der Waals surface area (Å²) in [7, 11) is 0. The number of rotatable bonds is 5. The first-order chi connectivity index (χ1) is 14.6. The van der Waals surface area contributed by atoms with Crippen LogP contribution in [0.1, 0.15) is 39.8 Å². The molecule has 1 aliphatic rings. The van der Waals surface area contributed by atoms with Crippen molar-refractivity contribution in [3.8, 4) is 6.07 Å². The first-order valence-corrected chi connectivity index (χ1v) is 9.83. The highest BCUT2D eigenvalue weighted by Gasteiger charge is 2.24. The van der Waals surface area contributed by atoms with Gasteiger partial charge in [-0.25, -0.2) is 19.9 Å². The van der Waals surface area contributed by atoms with Gasteiger partial charge in [-0.15, -0.1) is 0 Å². The summed E-state index contributed by atoms with van der Waals surface area (Å²) in [6.07, 6.45) is 5.72. The molecule has 0 saturated carbocycles. The fourth-order valence-electron chi connectivity index (χ4n) is 3.67. The molecule has 0 unspecified atom stereocenters. The summed E-state index contributed by atoms with van der Waals surface area (Å²) in [5.74, 6) is 1.35. The molecular weight excluding hydrogens is 378 g/mol. The molecule has 1 aliphatic heterocycles. The standard InChI is InChI=1S/C22H23N7O/c1-14-3-4-21(16(7-14)8-23)29-6-5-19-18(11-29)22(27-13-26-19)28-20(12-30)17-9-24-15(2)25-10-17/h3-4,7,9-10,13,20,30H,5-6,11-12H2,1-2H3,(H,26,27,28)/t20-/m1/s1. The Morgan fingerprint density at radius 2 is 2.00 bits per heavy atom. The largest absolute Gasteiger partial charge is 0.394 e. The summed E-state index contributed by atoms with van der Waals surface area (Å²) in [4.78, 5) is 19.5. The molecule has 3 heterocycles. The van der Waals surface area contributed by atoms with Gasteiger partial charge in [0.2, 0.25) is 0 Å². The number of nitrogens with zero attached hydrogens (tertiary/aromatic N) is 6. The Balaban J connectivity index is 1.63. The van der Waals surface area contributed by atoms with E-state index < -0.39 is 0 Å². The SMILES string of the molecule is Cc1ccc(N2CCc3ncnc(N[C@H](CO)c4cnc(C)nc4)c3C2)c(C#N)c1. The monoisotopic (exact) mass is 401 g/mol. The zero-order valence-electron chi connectivity index (χ0n) is 17.0. The van der Waals surface area contributed by atoms with Gasteiger partial charge >= 0.3 is 0 Å². The van der Waals surface area contributed by atoms with Gasteiger partial charge < -0.3 is 15.3 Å². The third-order valence-electron chi connectivity index (χ3n) is 5.31. The molecule has 0 spiro atoms.